The first-order chi connectivity index (χ1) is 16.6. The number of carbonyl (C=O) groups is 1. The Morgan fingerprint density at radius 2 is 1.80 bits per heavy atom. The molecular formula is C26H25F3N4O2. The van der Waals surface area contributed by atoms with E-state index in [1.165, 1.54) is 10.7 Å². The van der Waals surface area contributed by atoms with Gasteiger partial charge in [0.1, 0.15) is 0 Å². The maximum atomic E-state index is 13.7. The first kappa shape index (κ1) is 24.3. The number of halogens is 3. The van der Waals surface area contributed by atoms with Crippen molar-refractivity contribution in [3.63, 3.8) is 0 Å². The minimum atomic E-state index is -4.57. The summed E-state index contributed by atoms with van der Waals surface area (Å²) in [6, 6.07) is 13.6. The number of carbonyl (C=O) groups excluding carboxylic acids is 1. The maximum absolute atomic E-state index is 13.7. The molecule has 0 unspecified atom stereocenters. The lowest BCUT2D eigenvalue weighted by atomic mass is 10.1. The number of alkyl halides is 3. The van der Waals surface area contributed by atoms with Gasteiger partial charge in [-0.25, -0.2) is 9.67 Å². The highest BCUT2D eigenvalue weighted by Gasteiger charge is 2.34. The number of rotatable bonds is 7. The first-order valence-electron chi connectivity index (χ1n) is 11.1. The zero-order valence-corrected chi connectivity index (χ0v) is 19.6. The van der Waals surface area contributed by atoms with Crippen molar-refractivity contribution < 1.29 is 22.4 Å². The average molecular weight is 483 g/mol. The predicted molar refractivity (Wildman–Crippen MR) is 125 cm³/mol. The summed E-state index contributed by atoms with van der Waals surface area (Å²) < 4.78 is 48.4. The second-order valence-corrected chi connectivity index (χ2v) is 8.44. The summed E-state index contributed by atoms with van der Waals surface area (Å²) in [6.45, 7) is 5.30. The molecule has 0 radical (unpaired) electrons. The lowest BCUT2D eigenvalue weighted by Gasteiger charge is -2.16. The van der Waals surface area contributed by atoms with Crippen molar-refractivity contribution in [1.29, 1.82) is 0 Å². The summed E-state index contributed by atoms with van der Waals surface area (Å²) in [5.41, 5.74) is 2.93. The molecule has 2 aromatic heterocycles. The molecule has 9 heteroatoms. The molecule has 0 fully saturated rings. The third-order valence-electron chi connectivity index (χ3n) is 5.58. The molecule has 1 N–H and O–H groups in total. The number of benzene rings is 2. The highest BCUT2D eigenvalue weighted by Crippen LogP contribution is 2.33. The van der Waals surface area contributed by atoms with Crippen LogP contribution >= 0.6 is 0 Å². The van der Waals surface area contributed by atoms with Gasteiger partial charge in [0.25, 0.3) is 0 Å². The minimum absolute atomic E-state index is 0.0195. The maximum Gasteiger partial charge on any atom is 0.416 e. The molecule has 6 nitrogen and oxygen atoms in total. The van der Waals surface area contributed by atoms with E-state index in [-0.39, 0.29) is 24.9 Å². The van der Waals surface area contributed by atoms with Crippen LogP contribution in [0.1, 0.15) is 40.4 Å². The van der Waals surface area contributed by atoms with Crippen LogP contribution in [-0.2, 0) is 23.9 Å². The Hall–Kier alpha value is -3.88. The third-order valence-corrected chi connectivity index (χ3v) is 5.58. The van der Waals surface area contributed by atoms with E-state index in [0.29, 0.717) is 23.0 Å². The molecule has 0 aliphatic heterocycles. The predicted octanol–water partition coefficient (Wildman–Crippen LogP) is 5.72. The summed E-state index contributed by atoms with van der Waals surface area (Å²) in [4.78, 5) is 16.5. The van der Waals surface area contributed by atoms with E-state index in [0.717, 1.165) is 22.9 Å². The second-order valence-electron chi connectivity index (χ2n) is 8.44. The highest BCUT2D eigenvalue weighted by atomic mass is 19.4. The van der Waals surface area contributed by atoms with E-state index in [1.54, 1.807) is 32.2 Å². The van der Waals surface area contributed by atoms with Crippen molar-refractivity contribution in [3.05, 3.63) is 88.7 Å². The largest absolute Gasteiger partial charge is 0.441 e. The molecule has 2 heterocycles. The molecule has 0 spiro atoms. The summed E-state index contributed by atoms with van der Waals surface area (Å²) in [7, 11) is 0. The third kappa shape index (κ3) is 5.79. The zero-order chi connectivity index (χ0) is 25.2. The van der Waals surface area contributed by atoms with Crippen molar-refractivity contribution in [2.24, 2.45) is 0 Å². The topological polar surface area (TPSA) is 73.0 Å². The average Bonchev–Trinajstić information content (AvgIpc) is 3.42. The fraction of sp³-hybridized carbons (Fsp3) is 0.269. The van der Waals surface area contributed by atoms with Gasteiger partial charge >= 0.3 is 6.18 Å². The number of aryl methyl sites for hydroxylation is 4. The minimum Gasteiger partial charge on any atom is -0.441 e. The van der Waals surface area contributed by atoms with Crippen LogP contribution in [0.15, 0.2) is 59.1 Å². The number of amides is 1. The Labute approximate surface area is 200 Å². The van der Waals surface area contributed by atoms with Gasteiger partial charge in [-0.3, -0.25) is 4.79 Å². The molecule has 4 aromatic rings. The molecule has 35 heavy (non-hydrogen) atoms. The van der Waals surface area contributed by atoms with Crippen molar-refractivity contribution in [1.82, 2.24) is 20.1 Å². The van der Waals surface area contributed by atoms with Gasteiger partial charge in [0.15, 0.2) is 11.7 Å². The number of aromatic nitrogens is 3. The van der Waals surface area contributed by atoms with Crippen LogP contribution in [0.5, 0.6) is 0 Å². The van der Waals surface area contributed by atoms with Gasteiger partial charge < -0.3 is 9.73 Å². The summed E-state index contributed by atoms with van der Waals surface area (Å²) in [6.07, 6.45) is -2.70. The SMILES string of the molecule is Cc1ccc(-c2cnc(CCC(=O)NCc3ccc(-n4nc(C)cc4C)cc3C(F)(F)F)o2)cc1. The van der Waals surface area contributed by atoms with E-state index >= 15 is 0 Å². The van der Waals surface area contributed by atoms with Crippen LogP contribution in [0.2, 0.25) is 0 Å². The van der Waals surface area contributed by atoms with Crippen LogP contribution in [0.3, 0.4) is 0 Å². The van der Waals surface area contributed by atoms with Crippen LogP contribution in [0.25, 0.3) is 17.0 Å². The first-order valence-corrected chi connectivity index (χ1v) is 11.1. The highest BCUT2D eigenvalue weighted by molar-refractivity contribution is 5.76. The van der Waals surface area contributed by atoms with Gasteiger partial charge in [-0.05, 0) is 44.5 Å². The molecule has 4 rings (SSSR count). The van der Waals surface area contributed by atoms with Crippen LogP contribution in [0, 0.1) is 20.8 Å². The van der Waals surface area contributed by atoms with Gasteiger partial charge in [-0.1, -0.05) is 35.9 Å². The number of nitrogens with one attached hydrogen (secondary N) is 1. The van der Waals surface area contributed by atoms with Crippen molar-refractivity contribution in [2.75, 3.05) is 0 Å². The van der Waals surface area contributed by atoms with E-state index in [1.807, 2.05) is 31.2 Å². The zero-order valence-electron chi connectivity index (χ0n) is 19.6. The molecular weight excluding hydrogens is 457 g/mol. The van der Waals surface area contributed by atoms with Crippen LogP contribution in [-0.4, -0.2) is 20.7 Å². The Morgan fingerprint density at radius 3 is 2.46 bits per heavy atom. The van der Waals surface area contributed by atoms with Gasteiger partial charge in [0, 0.05) is 30.6 Å². The lowest BCUT2D eigenvalue weighted by Crippen LogP contribution is -2.25. The summed E-state index contributed by atoms with van der Waals surface area (Å²) in [5.74, 6) is 0.592. The Bertz CT molecular complexity index is 1340. The Kier molecular flexibility index (Phi) is 6.77. The number of hydrogen-bond acceptors (Lipinski definition) is 4. The lowest BCUT2D eigenvalue weighted by molar-refractivity contribution is -0.138. The Balaban J connectivity index is 1.39. The van der Waals surface area contributed by atoms with Crippen LogP contribution < -0.4 is 5.32 Å². The molecule has 0 saturated heterocycles. The normalized spacial score (nSPS) is 11.6. The van der Waals surface area contributed by atoms with Gasteiger partial charge in [0.2, 0.25) is 5.91 Å². The standard InChI is InChI=1S/C26H25F3N4O2/c1-16-4-6-19(7-5-16)23-15-31-25(35-23)11-10-24(34)30-14-20-8-9-21(13-22(20)26(27,28)29)33-18(3)12-17(2)32-33/h4-9,12-13,15H,10-11,14H2,1-3H3,(H,30,34). The molecule has 0 aliphatic carbocycles. The van der Waals surface area contributed by atoms with E-state index in [2.05, 4.69) is 15.4 Å². The number of nitrogens with zero attached hydrogens (tertiary/aromatic N) is 3. The smallest absolute Gasteiger partial charge is 0.416 e. The molecule has 0 saturated carbocycles. The van der Waals surface area contributed by atoms with Crippen molar-refractivity contribution in [2.45, 2.75) is 46.3 Å². The van der Waals surface area contributed by atoms with Crippen molar-refractivity contribution >= 4 is 5.91 Å². The summed E-state index contributed by atoms with van der Waals surface area (Å²) >= 11 is 0. The number of hydrogen-bond donors (Lipinski definition) is 1. The molecule has 1 amide bonds. The molecule has 0 bridgehead atoms. The molecule has 0 atom stereocenters. The fourth-order valence-corrected chi connectivity index (χ4v) is 3.78. The van der Waals surface area contributed by atoms with E-state index in [4.69, 9.17) is 4.42 Å². The van der Waals surface area contributed by atoms with Gasteiger partial charge in [0.05, 0.1) is 23.1 Å². The number of oxazole rings is 1. The van der Waals surface area contributed by atoms with Crippen molar-refractivity contribution in [3.8, 4) is 17.0 Å². The van der Waals surface area contributed by atoms with Crippen LogP contribution in [0.4, 0.5) is 13.2 Å². The molecule has 182 valence electrons. The summed E-state index contributed by atoms with van der Waals surface area (Å²) in [5, 5.41) is 6.82. The monoisotopic (exact) mass is 482 g/mol. The van der Waals surface area contributed by atoms with Gasteiger partial charge in [-0.2, -0.15) is 18.3 Å². The fourth-order valence-electron chi connectivity index (χ4n) is 3.78. The van der Waals surface area contributed by atoms with Gasteiger partial charge in [-0.15, -0.1) is 0 Å². The Morgan fingerprint density at radius 1 is 1.06 bits per heavy atom. The van der Waals surface area contributed by atoms with E-state index in [9.17, 15) is 18.0 Å². The quantitative estimate of drug-likeness (QED) is 0.366. The molecule has 0 aliphatic rings. The second kappa shape index (κ2) is 9.77. The van der Waals surface area contributed by atoms with E-state index < -0.39 is 17.6 Å². The molecule has 2 aromatic carbocycles.